The lowest BCUT2D eigenvalue weighted by molar-refractivity contribution is 0.590. The van der Waals surface area contributed by atoms with Gasteiger partial charge < -0.3 is 23.7 Å². The van der Waals surface area contributed by atoms with Crippen molar-refractivity contribution in [1.82, 2.24) is 4.57 Å². The number of thiophene rings is 1. The normalized spacial score (nSPS) is 13.4. The quantitative estimate of drug-likeness (QED) is 0.149. The van der Waals surface area contributed by atoms with E-state index in [-0.39, 0.29) is 28.4 Å². The molecule has 15 rings (SSSR count). The van der Waals surface area contributed by atoms with Crippen molar-refractivity contribution in [1.29, 1.82) is 0 Å². The van der Waals surface area contributed by atoms with Crippen LogP contribution in [0.1, 0.15) is 105 Å². The number of rotatable bonds is 7. The molecule has 5 nitrogen and oxygen atoms in total. The summed E-state index contributed by atoms with van der Waals surface area (Å²) in [6, 6.07) is 80.8. The van der Waals surface area contributed by atoms with Crippen LogP contribution in [-0.2, 0) is 21.7 Å². The molecule has 0 saturated carbocycles. The van der Waals surface area contributed by atoms with E-state index in [9.17, 15) is 0 Å². The lowest BCUT2D eigenvalue weighted by Crippen LogP contribution is -2.60. The Bertz CT molecular complexity index is 4690. The molecule has 3 aromatic heterocycles. The van der Waals surface area contributed by atoms with Gasteiger partial charge in [0.2, 0.25) is 0 Å². The number of hydrogen-bond donors (Lipinski definition) is 0. The topological polar surface area (TPSA) is 27.8 Å². The van der Waals surface area contributed by atoms with Crippen molar-refractivity contribution in [3.05, 3.63) is 235 Å². The van der Waals surface area contributed by atoms with E-state index in [1.807, 2.05) is 11.3 Å². The van der Waals surface area contributed by atoms with Gasteiger partial charge in [-0.25, -0.2) is 0 Å². The fraction of sp³-hybridized carbons (Fsp3) is 0.205. The molecule has 0 spiro atoms. The van der Waals surface area contributed by atoms with Gasteiger partial charge in [0, 0.05) is 71.7 Å². The molecule has 0 bridgehead atoms. The maximum absolute atomic E-state index is 7.02. The zero-order valence-corrected chi connectivity index (χ0v) is 51.7. The molecule has 0 unspecified atom stereocenters. The number of anilines is 9. The first-order valence-corrected chi connectivity index (χ1v) is 31.0. The Kier molecular flexibility index (Phi) is 11.8. The summed E-state index contributed by atoms with van der Waals surface area (Å²) >= 11 is 1.89. The third-order valence-electron chi connectivity index (χ3n) is 18.2. The molecule has 418 valence electrons. The fourth-order valence-corrected chi connectivity index (χ4v) is 14.8. The van der Waals surface area contributed by atoms with Crippen LogP contribution in [0.3, 0.4) is 0 Å². The highest BCUT2D eigenvalue weighted by molar-refractivity contribution is 7.26. The third-order valence-corrected chi connectivity index (χ3v) is 19.4. The minimum Gasteiger partial charge on any atom is -0.454 e. The smallest absolute Gasteiger partial charge is 0.252 e. The van der Waals surface area contributed by atoms with Crippen molar-refractivity contribution >= 4 is 139 Å². The van der Waals surface area contributed by atoms with Crippen LogP contribution in [0, 0.1) is 0 Å². The summed E-state index contributed by atoms with van der Waals surface area (Å²) in [6.07, 6.45) is 0. The van der Waals surface area contributed by atoms with Gasteiger partial charge in [0.15, 0.2) is 5.58 Å². The first-order chi connectivity index (χ1) is 40.7. The Balaban J connectivity index is 1.07. The van der Waals surface area contributed by atoms with Crippen molar-refractivity contribution in [2.24, 2.45) is 0 Å². The Morgan fingerprint density at radius 2 is 0.824 bits per heavy atom. The van der Waals surface area contributed by atoms with Crippen LogP contribution in [-0.4, -0.2) is 11.3 Å². The molecule has 13 aromatic rings. The molecule has 0 N–H and O–H groups in total. The van der Waals surface area contributed by atoms with Gasteiger partial charge in [-0.3, -0.25) is 0 Å². The molecule has 0 saturated heterocycles. The average molecular weight is 1120 g/mol. The Morgan fingerprint density at radius 3 is 1.39 bits per heavy atom. The van der Waals surface area contributed by atoms with E-state index >= 15 is 0 Å². The summed E-state index contributed by atoms with van der Waals surface area (Å²) in [7, 11) is 0. The molecule has 85 heavy (non-hydrogen) atoms. The summed E-state index contributed by atoms with van der Waals surface area (Å²) in [5.41, 5.74) is 24.2. The SMILES string of the molecule is CC(C)(C)c1ccc(N(c2ccc(C(C)(C)C)cc2)c2ccc3c(c2)N(c2cccc4c2sc2ccccc24)c2cc(N(c4ccc(C(C)(C)C)cc4)c4ccc(C(C)(C)C)cc4)cc4c2B3c2cccc3c5oc6ccccc6c5n-4c23)cc1. The van der Waals surface area contributed by atoms with Gasteiger partial charge in [0.05, 0.1) is 21.6 Å². The van der Waals surface area contributed by atoms with Crippen molar-refractivity contribution in [3.63, 3.8) is 0 Å². The Morgan fingerprint density at radius 1 is 0.365 bits per heavy atom. The number of benzene rings is 10. The maximum Gasteiger partial charge on any atom is 0.252 e. The first-order valence-electron chi connectivity index (χ1n) is 30.2. The molecule has 5 heterocycles. The number of aromatic nitrogens is 1. The number of fused-ring (bicyclic) bond motifs is 12. The monoisotopic (exact) mass is 1120 g/mol. The van der Waals surface area contributed by atoms with Crippen LogP contribution in [0.2, 0.25) is 0 Å². The lowest BCUT2D eigenvalue weighted by atomic mass is 9.33. The minimum absolute atomic E-state index is 0.00243. The average Bonchev–Trinajstić information content (AvgIpc) is 1.73. The van der Waals surface area contributed by atoms with Crippen LogP contribution in [0.25, 0.3) is 58.8 Å². The molecule has 0 amide bonds. The number of para-hydroxylation sites is 2. The molecule has 10 aromatic carbocycles. The van der Waals surface area contributed by atoms with E-state index in [1.165, 1.54) is 64.3 Å². The number of nitrogens with zero attached hydrogens (tertiary/aromatic N) is 4. The van der Waals surface area contributed by atoms with Gasteiger partial charge in [0.25, 0.3) is 6.71 Å². The zero-order valence-electron chi connectivity index (χ0n) is 50.9. The van der Waals surface area contributed by atoms with Gasteiger partial charge in [0.1, 0.15) is 11.1 Å². The van der Waals surface area contributed by atoms with Gasteiger partial charge in [-0.05, 0) is 163 Å². The van der Waals surface area contributed by atoms with Gasteiger partial charge >= 0.3 is 0 Å². The standard InChI is InChI=1S/C78H71BN4OS/c1-75(2,3)48-27-35-52(36-28-48)80(53-37-29-49(30-38-53)76(4,5)6)56-43-44-62-65(45-56)82(64-24-18-21-59-58-19-14-16-26-69(58)85-74(59)64)66-46-57(81(54-39-31-50(32-40-54)77(7,8)9)55-41-33-51(34-42-55)78(10,11)12)47-67-70(66)79(62)63-23-17-22-61-71(63)83(67)72-60-20-13-15-25-68(60)84-73(61)72/h13-47H,1-12H3. The Labute approximate surface area is 504 Å². The highest BCUT2D eigenvalue weighted by Gasteiger charge is 2.44. The zero-order chi connectivity index (χ0) is 58.6. The lowest BCUT2D eigenvalue weighted by Gasteiger charge is -2.42. The van der Waals surface area contributed by atoms with E-state index in [4.69, 9.17) is 4.42 Å². The van der Waals surface area contributed by atoms with Crippen LogP contribution in [0.15, 0.2) is 217 Å². The highest BCUT2D eigenvalue weighted by Crippen LogP contribution is 2.51. The summed E-state index contributed by atoms with van der Waals surface area (Å²) < 4.78 is 12.1. The summed E-state index contributed by atoms with van der Waals surface area (Å²) in [5.74, 6) is 0. The summed E-state index contributed by atoms with van der Waals surface area (Å²) in [5, 5.41) is 4.75. The van der Waals surface area contributed by atoms with Gasteiger partial charge in [-0.15, -0.1) is 11.3 Å². The van der Waals surface area contributed by atoms with E-state index in [2.05, 4.69) is 315 Å². The highest BCUT2D eigenvalue weighted by atomic mass is 32.1. The molecule has 0 fully saturated rings. The van der Waals surface area contributed by atoms with Crippen molar-refractivity contribution in [2.75, 3.05) is 14.7 Å². The summed E-state index contributed by atoms with van der Waals surface area (Å²) in [6.45, 7) is 27.4. The molecule has 2 aliphatic heterocycles. The van der Waals surface area contributed by atoms with E-state index in [0.29, 0.717) is 0 Å². The summed E-state index contributed by atoms with van der Waals surface area (Å²) in [4.78, 5) is 7.60. The molecule has 0 atom stereocenters. The molecule has 0 aliphatic carbocycles. The van der Waals surface area contributed by atoms with Crippen molar-refractivity contribution < 1.29 is 4.42 Å². The van der Waals surface area contributed by atoms with Crippen molar-refractivity contribution in [3.8, 4) is 5.69 Å². The number of hydrogen-bond acceptors (Lipinski definition) is 5. The van der Waals surface area contributed by atoms with Crippen LogP contribution >= 0.6 is 11.3 Å². The molecule has 0 radical (unpaired) electrons. The predicted octanol–water partition coefficient (Wildman–Crippen LogP) is 20.6. The molecule has 7 heteroatoms. The van der Waals surface area contributed by atoms with E-state index in [1.54, 1.807) is 0 Å². The van der Waals surface area contributed by atoms with Gasteiger partial charge in [-0.2, -0.15) is 0 Å². The van der Waals surface area contributed by atoms with Gasteiger partial charge in [-0.1, -0.05) is 192 Å². The molecule has 2 aliphatic rings. The molecular weight excluding hydrogens is 1050 g/mol. The second kappa shape index (κ2) is 18.9. The third kappa shape index (κ3) is 8.47. The second-order valence-electron chi connectivity index (χ2n) is 27.9. The van der Waals surface area contributed by atoms with Crippen LogP contribution < -0.4 is 31.1 Å². The van der Waals surface area contributed by atoms with Crippen LogP contribution in [0.5, 0.6) is 0 Å². The Hall–Kier alpha value is -8.78. The maximum atomic E-state index is 7.02. The largest absolute Gasteiger partial charge is 0.454 e. The van der Waals surface area contributed by atoms with E-state index < -0.39 is 0 Å². The van der Waals surface area contributed by atoms with E-state index in [0.717, 1.165) is 84.3 Å². The van der Waals surface area contributed by atoms with Crippen molar-refractivity contribution in [2.45, 2.75) is 105 Å². The molecular formula is C78H71BN4OS. The first kappa shape index (κ1) is 53.0. The predicted molar refractivity (Wildman–Crippen MR) is 367 cm³/mol. The minimum atomic E-state index is -0.126. The van der Waals surface area contributed by atoms with Crippen LogP contribution in [0.4, 0.5) is 51.2 Å². The fourth-order valence-electron chi connectivity index (χ4n) is 13.6. The number of furan rings is 1. The second-order valence-corrected chi connectivity index (χ2v) is 28.9.